The molecule has 1 aliphatic rings. The van der Waals surface area contributed by atoms with Crippen molar-refractivity contribution in [1.29, 1.82) is 0 Å². The molecule has 3 rings (SSSR count). The summed E-state index contributed by atoms with van der Waals surface area (Å²) in [6.45, 7) is 7.27. The van der Waals surface area contributed by atoms with Gasteiger partial charge in [-0.3, -0.25) is 9.69 Å². The van der Waals surface area contributed by atoms with Gasteiger partial charge in [0, 0.05) is 11.4 Å². The highest BCUT2D eigenvalue weighted by atomic mass is 35.5. The van der Waals surface area contributed by atoms with Crippen LogP contribution in [0.2, 0.25) is 5.02 Å². The van der Waals surface area contributed by atoms with Gasteiger partial charge >= 0.3 is 0 Å². The van der Waals surface area contributed by atoms with E-state index in [1.54, 1.807) is 0 Å². The maximum Gasteiger partial charge on any atom is 0.228 e. The lowest BCUT2D eigenvalue weighted by Crippen LogP contribution is -3.14. The van der Waals surface area contributed by atoms with E-state index < -0.39 is 0 Å². The number of rotatable bonds is 6. The van der Waals surface area contributed by atoms with Gasteiger partial charge in [0.05, 0.1) is 36.5 Å². The minimum atomic E-state index is 0.148. The Kier molecular flexibility index (Phi) is 6.05. The van der Waals surface area contributed by atoms with Crippen LogP contribution in [-0.4, -0.2) is 50.3 Å². The second-order valence-electron chi connectivity index (χ2n) is 6.02. The van der Waals surface area contributed by atoms with E-state index in [1.807, 2.05) is 30.0 Å². The number of nitrogens with one attached hydrogen (secondary N) is 1. The Morgan fingerprint density at radius 2 is 2.21 bits per heavy atom. The number of aromatic nitrogens is 1. The Morgan fingerprint density at radius 3 is 2.96 bits per heavy atom. The lowest BCUT2D eigenvalue weighted by molar-refractivity contribution is -0.906. The van der Waals surface area contributed by atoms with Crippen LogP contribution in [0.25, 0.3) is 10.2 Å². The van der Waals surface area contributed by atoms with Crippen LogP contribution >= 0.6 is 22.9 Å². The van der Waals surface area contributed by atoms with Crippen LogP contribution in [0.5, 0.6) is 0 Å². The Bertz CT molecular complexity index is 700. The highest BCUT2D eigenvalue weighted by Crippen LogP contribution is 2.31. The van der Waals surface area contributed by atoms with Gasteiger partial charge in [0.2, 0.25) is 5.91 Å². The van der Waals surface area contributed by atoms with Crippen LogP contribution in [0, 0.1) is 0 Å². The molecular weight excluding hydrogens is 346 g/mol. The van der Waals surface area contributed by atoms with Crippen LogP contribution in [0.1, 0.15) is 19.8 Å². The van der Waals surface area contributed by atoms with Gasteiger partial charge < -0.3 is 9.64 Å². The number of carbonyl (C=O) groups excluding carboxylic acids is 1. The summed E-state index contributed by atoms with van der Waals surface area (Å²) >= 11 is 7.60. The fourth-order valence-electron chi connectivity index (χ4n) is 2.86. The number of thiazole rings is 1. The lowest BCUT2D eigenvalue weighted by atomic mass is 10.3. The normalized spacial score (nSPS) is 15.8. The van der Waals surface area contributed by atoms with Gasteiger partial charge in [-0.25, -0.2) is 4.98 Å². The first kappa shape index (κ1) is 17.6. The summed E-state index contributed by atoms with van der Waals surface area (Å²) in [5.74, 6) is 0.148. The van der Waals surface area contributed by atoms with E-state index in [0.717, 1.165) is 54.6 Å². The zero-order valence-corrected chi connectivity index (χ0v) is 15.5. The van der Waals surface area contributed by atoms with Gasteiger partial charge in [-0.15, -0.1) is 0 Å². The third kappa shape index (κ3) is 4.25. The number of amides is 1. The van der Waals surface area contributed by atoms with Crippen molar-refractivity contribution in [3.05, 3.63) is 23.2 Å². The smallest absolute Gasteiger partial charge is 0.228 e. The van der Waals surface area contributed by atoms with Crippen molar-refractivity contribution >= 4 is 44.2 Å². The van der Waals surface area contributed by atoms with Crippen molar-refractivity contribution in [2.45, 2.75) is 19.8 Å². The maximum atomic E-state index is 12.6. The minimum Gasteiger partial charge on any atom is -0.370 e. The average Bonchev–Trinajstić information content (AvgIpc) is 2.99. The monoisotopic (exact) mass is 368 g/mol. The van der Waals surface area contributed by atoms with Crippen molar-refractivity contribution < 1.29 is 14.4 Å². The predicted molar refractivity (Wildman–Crippen MR) is 98.3 cm³/mol. The molecule has 0 unspecified atom stereocenters. The number of ether oxygens (including phenoxy) is 1. The first-order chi connectivity index (χ1) is 11.7. The van der Waals surface area contributed by atoms with E-state index in [1.165, 1.54) is 16.2 Å². The molecular formula is C17H23ClN3O2S+. The number of hydrogen-bond donors (Lipinski definition) is 1. The maximum absolute atomic E-state index is 12.6. The number of halogens is 1. The molecule has 2 heterocycles. The van der Waals surface area contributed by atoms with Crippen LogP contribution in [0.4, 0.5) is 5.13 Å². The molecule has 1 aromatic heterocycles. The van der Waals surface area contributed by atoms with Crippen LogP contribution in [0.3, 0.4) is 0 Å². The number of quaternary nitrogens is 1. The SMILES string of the molecule is CCCC(=O)N(CC[NH+]1CCOCC1)c1nc2ccc(Cl)cc2s1. The van der Waals surface area contributed by atoms with Gasteiger partial charge in [0.25, 0.3) is 0 Å². The van der Waals surface area contributed by atoms with Crippen molar-refractivity contribution in [2.24, 2.45) is 0 Å². The van der Waals surface area contributed by atoms with Gasteiger partial charge in [0.1, 0.15) is 13.1 Å². The molecule has 1 saturated heterocycles. The van der Waals surface area contributed by atoms with Crippen molar-refractivity contribution in [2.75, 3.05) is 44.3 Å². The molecule has 0 radical (unpaired) electrons. The molecule has 1 aliphatic heterocycles. The highest BCUT2D eigenvalue weighted by molar-refractivity contribution is 7.22. The first-order valence-corrected chi connectivity index (χ1v) is 9.64. The van der Waals surface area contributed by atoms with Gasteiger partial charge in [-0.1, -0.05) is 29.9 Å². The Labute approximate surface area is 151 Å². The van der Waals surface area contributed by atoms with Crippen molar-refractivity contribution in [1.82, 2.24) is 4.98 Å². The summed E-state index contributed by atoms with van der Waals surface area (Å²) in [6, 6.07) is 5.66. The Hall–Kier alpha value is -1.21. The zero-order valence-electron chi connectivity index (χ0n) is 13.9. The highest BCUT2D eigenvalue weighted by Gasteiger charge is 2.22. The summed E-state index contributed by atoms with van der Waals surface area (Å²) < 4.78 is 6.42. The number of fused-ring (bicyclic) bond motifs is 1. The Balaban J connectivity index is 1.78. The van der Waals surface area contributed by atoms with Crippen LogP contribution < -0.4 is 9.80 Å². The molecule has 2 aromatic rings. The summed E-state index contributed by atoms with van der Waals surface area (Å²) in [4.78, 5) is 20.6. The summed E-state index contributed by atoms with van der Waals surface area (Å²) in [6.07, 6.45) is 1.39. The van der Waals surface area contributed by atoms with E-state index in [4.69, 9.17) is 16.3 Å². The summed E-state index contributed by atoms with van der Waals surface area (Å²) in [7, 11) is 0. The summed E-state index contributed by atoms with van der Waals surface area (Å²) in [5.41, 5.74) is 0.896. The molecule has 5 nitrogen and oxygen atoms in total. The minimum absolute atomic E-state index is 0.148. The van der Waals surface area contributed by atoms with E-state index in [-0.39, 0.29) is 5.91 Å². The molecule has 1 amide bonds. The van der Waals surface area contributed by atoms with Gasteiger partial charge in [0.15, 0.2) is 5.13 Å². The van der Waals surface area contributed by atoms with Crippen molar-refractivity contribution in [3.63, 3.8) is 0 Å². The number of benzene rings is 1. The predicted octanol–water partition coefficient (Wildman–Crippen LogP) is 2.00. The first-order valence-electron chi connectivity index (χ1n) is 8.45. The van der Waals surface area contributed by atoms with Gasteiger partial charge in [-0.2, -0.15) is 0 Å². The molecule has 130 valence electrons. The molecule has 24 heavy (non-hydrogen) atoms. The Morgan fingerprint density at radius 1 is 1.42 bits per heavy atom. The molecule has 7 heteroatoms. The quantitative estimate of drug-likeness (QED) is 0.848. The molecule has 1 N–H and O–H groups in total. The average molecular weight is 369 g/mol. The molecule has 0 spiro atoms. The van der Waals surface area contributed by atoms with Crippen LogP contribution in [0.15, 0.2) is 18.2 Å². The summed E-state index contributed by atoms with van der Waals surface area (Å²) in [5, 5.41) is 1.47. The molecule has 1 aromatic carbocycles. The topological polar surface area (TPSA) is 46.9 Å². The molecule has 0 saturated carbocycles. The number of nitrogens with zero attached hydrogens (tertiary/aromatic N) is 2. The number of hydrogen-bond acceptors (Lipinski definition) is 4. The van der Waals surface area contributed by atoms with E-state index in [0.29, 0.717) is 18.0 Å². The van der Waals surface area contributed by atoms with Crippen molar-refractivity contribution in [3.8, 4) is 0 Å². The fourth-order valence-corrected chi connectivity index (χ4v) is 4.14. The number of carbonyl (C=O) groups is 1. The molecule has 1 fully saturated rings. The number of anilines is 1. The second-order valence-corrected chi connectivity index (χ2v) is 7.46. The molecule has 0 aliphatic carbocycles. The second kappa shape index (κ2) is 8.25. The zero-order chi connectivity index (χ0) is 16.9. The van der Waals surface area contributed by atoms with Crippen LogP contribution in [-0.2, 0) is 9.53 Å². The third-order valence-electron chi connectivity index (χ3n) is 4.22. The fraction of sp³-hybridized carbons (Fsp3) is 0.529. The molecule has 0 bridgehead atoms. The van der Waals surface area contributed by atoms with E-state index in [2.05, 4.69) is 4.98 Å². The third-order valence-corrected chi connectivity index (χ3v) is 5.50. The van der Waals surface area contributed by atoms with E-state index in [9.17, 15) is 4.79 Å². The standard InChI is InChI=1S/C17H22ClN3O2S/c1-2-3-16(22)21(7-6-20-8-10-23-11-9-20)17-19-14-5-4-13(18)12-15(14)24-17/h4-5,12H,2-3,6-11H2,1H3/p+1. The molecule has 0 atom stereocenters. The van der Waals surface area contributed by atoms with E-state index >= 15 is 0 Å². The largest absolute Gasteiger partial charge is 0.370 e. The van der Waals surface area contributed by atoms with Gasteiger partial charge in [-0.05, 0) is 24.6 Å². The lowest BCUT2D eigenvalue weighted by Gasteiger charge is -2.26. The number of morpholine rings is 1.